The van der Waals surface area contributed by atoms with E-state index in [1.807, 2.05) is 0 Å². The van der Waals surface area contributed by atoms with Crippen LogP contribution in [-0.4, -0.2) is 11.7 Å². The Morgan fingerprint density at radius 1 is 1.20 bits per heavy atom. The molecule has 0 fully saturated rings. The summed E-state index contributed by atoms with van der Waals surface area (Å²) in [6.07, 6.45) is 8.64. The van der Waals surface area contributed by atoms with E-state index in [4.69, 9.17) is 0 Å². The van der Waals surface area contributed by atoms with Gasteiger partial charge in [0.2, 0.25) is 0 Å². The minimum Gasteiger partial charge on any atom is -0.387 e. The van der Waals surface area contributed by atoms with Crippen molar-refractivity contribution >= 4 is 18.4 Å². The van der Waals surface area contributed by atoms with E-state index in [0.29, 0.717) is 6.85 Å². The summed E-state index contributed by atoms with van der Waals surface area (Å²) in [5, 5.41) is 0. The highest BCUT2D eigenvalue weighted by atomic mass is 15.1. The molecule has 0 amide bonds. The molecule has 2 aliphatic heterocycles. The fourth-order valence-electron chi connectivity index (χ4n) is 2.25. The fourth-order valence-corrected chi connectivity index (χ4v) is 2.25. The lowest BCUT2D eigenvalue weighted by atomic mass is 9.51. The van der Waals surface area contributed by atoms with Crippen molar-refractivity contribution < 1.29 is 0 Å². The van der Waals surface area contributed by atoms with E-state index in [1.54, 1.807) is 0 Å². The van der Waals surface area contributed by atoms with Crippen LogP contribution in [0.15, 0.2) is 54.3 Å². The minimum atomic E-state index is 0.385. The minimum absolute atomic E-state index is 0.385. The molecule has 0 radical (unpaired) electrons. The maximum atomic E-state index is 2.31. The van der Waals surface area contributed by atoms with Crippen LogP contribution in [0, 0.1) is 0 Å². The zero-order chi connectivity index (χ0) is 10.3. The zero-order valence-electron chi connectivity index (χ0n) is 8.72. The summed E-state index contributed by atoms with van der Waals surface area (Å²) in [5.41, 5.74) is 4.02. The van der Waals surface area contributed by atoms with Crippen molar-refractivity contribution in [2.75, 3.05) is 0 Å². The van der Waals surface area contributed by atoms with Gasteiger partial charge in [-0.3, -0.25) is 0 Å². The highest BCUT2D eigenvalue weighted by Crippen LogP contribution is 2.19. The van der Waals surface area contributed by atoms with E-state index in [9.17, 15) is 0 Å². The fraction of sp³-hybridized carbons (Fsp3) is 0.0769. The average Bonchev–Trinajstić information content (AvgIpc) is 2.29. The van der Waals surface area contributed by atoms with Gasteiger partial charge in [0.25, 0.3) is 0 Å². The van der Waals surface area contributed by atoms with Crippen LogP contribution < -0.4 is 5.46 Å². The van der Waals surface area contributed by atoms with Gasteiger partial charge in [-0.2, -0.15) is 0 Å². The zero-order valence-corrected chi connectivity index (χ0v) is 8.72. The third kappa shape index (κ3) is 1.25. The summed E-state index contributed by atoms with van der Waals surface area (Å²) in [7, 11) is 0. The Morgan fingerprint density at radius 2 is 2.07 bits per heavy atom. The Morgan fingerprint density at radius 3 is 3.00 bits per heavy atom. The van der Waals surface area contributed by atoms with Crippen LogP contribution in [0.25, 0.3) is 6.08 Å². The topological polar surface area (TPSA) is 3.24 Å². The molecule has 0 unspecified atom stereocenters. The van der Waals surface area contributed by atoms with Crippen LogP contribution in [0.4, 0.5) is 0 Å². The Kier molecular flexibility index (Phi) is 1.81. The van der Waals surface area contributed by atoms with Crippen LogP contribution in [-0.2, 0) is 0 Å². The molecule has 0 aromatic heterocycles. The van der Waals surface area contributed by atoms with E-state index >= 15 is 0 Å². The van der Waals surface area contributed by atoms with E-state index < -0.39 is 0 Å². The SMILES string of the molecule is CC1=CC=CB2c3ccccc3C=CN21. The molecule has 15 heavy (non-hydrogen) atoms. The molecule has 2 heterocycles. The molecule has 2 heteroatoms. The third-order valence-electron chi connectivity index (χ3n) is 3.07. The summed E-state index contributed by atoms with van der Waals surface area (Å²) in [4.78, 5) is 2.31. The van der Waals surface area contributed by atoms with Crippen molar-refractivity contribution in [2.24, 2.45) is 0 Å². The van der Waals surface area contributed by atoms with E-state index in [2.05, 4.69) is 66.4 Å². The smallest absolute Gasteiger partial charge is 0.320 e. The number of benzene rings is 1. The van der Waals surface area contributed by atoms with Gasteiger partial charge in [-0.15, -0.1) is 0 Å². The van der Waals surface area contributed by atoms with Crippen molar-refractivity contribution in [3.05, 3.63) is 59.9 Å². The second-order valence-corrected chi connectivity index (χ2v) is 3.99. The first kappa shape index (κ1) is 8.60. The summed E-state index contributed by atoms with van der Waals surface area (Å²) in [6, 6.07) is 8.58. The maximum Gasteiger partial charge on any atom is 0.320 e. The molecular formula is C13H12BN. The molecule has 0 bridgehead atoms. The largest absolute Gasteiger partial charge is 0.387 e. The summed E-state index contributed by atoms with van der Waals surface area (Å²) >= 11 is 0. The van der Waals surface area contributed by atoms with Crippen molar-refractivity contribution in [1.82, 2.24) is 4.81 Å². The van der Waals surface area contributed by atoms with E-state index in [0.717, 1.165) is 0 Å². The lowest BCUT2D eigenvalue weighted by Gasteiger charge is -2.33. The van der Waals surface area contributed by atoms with Crippen LogP contribution in [0.5, 0.6) is 0 Å². The number of rotatable bonds is 0. The molecule has 0 N–H and O–H groups in total. The third-order valence-corrected chi connectivity index (χ3v) is 3.07. The van der Waals surface area contributed by atoms with E-state index in [1.165, 1.54) is 16.7 Å². The monoisotopic (exact) mass is 193 g/mol. The van der Waals surface area contributed by atoms with Crippen LogP contribution in [0.1, 0.15) is 12.5 Å². The average molecular weight is 193 g/mol. The Bertz CT molecular complexity index is 485. The molecule has 0 aliphatic carbocycles. The predicted octanol–water partition coefficient (Wildman–Crippen LogP) is 2.18. The second-order valence-electron chi connectivity index (χ2n) is 3.99. The summed E-state index contributed by atoms with van der Waals surface area (Å²) < 4.78 is 0. The number of hydrogen-bond acceptors (Lipinski definition) is 1. The van der Waals surface area contributed by atoms with Gasteiger partial charge >= 0.3 is 6.85 Å². The number of nitrogens with zero attached hydrogens (tertiary/aromatic N) is 1. The van der Waals surface area contributed by atoms with Crippen LogP contribution in [0.2, 0.25) is 0 Å². The summed E-state index contributed by atoms with van der Waals surface area (Å²) in [5.74, 6) is 2.25. The highest BCUT2D eigenvalue weighted by Gasteiger charge is 2.27. The van der Waals surface area contributed by atoms with Gasteiger partial charge in [0.1, 0.15) is 0 Å². The van der Waals surface area contributed by atoms with Crippen molar-refractivity contribution in [1.29, 1.82) is 0 Å². The molecule has 0 saturated carbocycles. The predicted molar refractivity (Wildman–Crippen MR) is 65.6 cm³/mol. The molecule has 0 spiro atoms. The van der Waals surface area contributed by atoms with Crippen molar-refractivity contribution in [3.8, 4) is 0 Å². The van der Waals surface area contributed by atoms with Gasteiger partial charge in [0.05, 0.1) is 0 Å². The normalized spacial score (nSPS) is 17.3. The first-order valence-electron chi connectivity index (χ1n) is 5.27. The molecule has 0 saturated heterocycles. The van der Waals surface area contributed by atoms with E-state index in [-0.39, 0.29) is 0 Å². The van der Waals surface area contributed by atoms with Gasteiger partial charge in [0.15, 0.2) is 0 Å². The molecule has 2 aliphatic rings. The second kappa shape index (κ2) is 3.16. The highest BCUT2D eigenvalue weighted by molar-refractivity contribution is 6.77. The van der Waals surface area contributed by atoms with Gasteiger partial charge < -0.3 is 4.81 Å². The van der Waals surface area contributed by atoms with Gasteiger partial charge in [-0.1, -0.05) is 36.3 Å². The quantitative estimate of drug-likeness (QED) is 0.571. The lowest BCUT2D eigenvalue weighted by Crippen LogP contribution is -2.47. The lowest BCUT2D eigenvalue weighted by molar-refractivity contribution is 0.721. The summed E-state index contributed by atoms with van der Waals surface area (Å²) in [6.45, 7) is 2.53. The number of hydrogen-bond donors (Lipinski definition) is 0. The molecule has 1 aromatic carbocycles. The molecule has 0 atom stereocenters. The number of allylic oxidation sites excluding steroid dienone is 3. The maximum absolute atomic E-state index is 2.31. The van der Waals surface area contributed by atoms with Gasteiger partial charge in [-0.25, -0.2) is 0 Å². The van der Waals surface area contributed by atoms with Crippen LogP contribution in [0.3, 0.4) is 0 Å². The molecule has 72 valence electrons. The molecule has 3 rings (SSSR count). The Hall–Kier alpha value is -1.70. The van der Waals surface area contributed by atoms with Crippen LogP contribution >= 0.6 is 0 Å². The standard InChI is InChI=1S/C13H12BN/c1-11-5-4-9-14-13-7-3-2-6-12(13)8-10-15(11)14/h2-10H,1H3. The first-order chi connectivity index (χ1) is 7.36. The Balaban J connectivity index is 2.15. The molecule has 1 aromatic rings. The Labute approximate surface area is 90.5 Å². The molecule has 1 nitrogen and oxygen atoms in total. The van der Waals surface area contributed by atoms with Gasteiger partial charge in [0, 0.05) is 5.70 Å². The molecular weight excluding hydrogens is 181 g/mol. The van der Waals surface area contributed by atoms with Crippen molar-refractivity contribution in [3.63, 3.8) is 0 Å². The number of fused-ring (bicyclic) bond motifs is 3. The van der Waals surface area contributed by atoms with Crippen molar-refractivity contribution in [2.45, 2.75) is 6.92 Å². The first-order valence-corrected chi connectivity index (χ1v) is 5.27. The van der Waals surface area contributed by atoms with Gasteiger partial charge in [-0.05, 0) is 36.3 Å².